The van der Waals surface area contributed by atoms with Gasteiger partial charge in [-0.15, -0.1) is 11.3 Å². The van der Waals surface area contributed by atoms with Gasteiger partial charge in [0.1, 0.15) is 16.9 Å². The van der Waals surface area contributed by atoms with Crippen LogP contribution in [0.2, 0.25) is 0 Å². The van der Waals surface area contributed by atoms with E-state index in [0.717, 1.165) is 63.1 Å². The van der Waals surface area contributed by atoms with Crippen LogP contribution < -0.4 is 10.2 Å². The molecular formula is C23H27FN4OS. The highest BCUT2D eigenvalue weighted by Gasteiger charge is 2.26. The lowest BCUT2D eigenvalue weighted by Gasteiger charge is -2.35. The molecule has 1 atom stereocenters. The zero-order valence-corrected chi connectivity index (χ0v) is 18.1. The van der Waals surface area contributed by atoms with E-state index in [2.05, 4.69) is 28.1 Å². The molecule has 1 aliphatic carbocycles. The molecule has 0 bridgehead atoms. The van der Waals surface area contributed by atoms with E-state index in [-0.39, 0.29) is 11.7 Å². The monoisotopic (exact) mass is 426 g/mol. The fraction of sp³-hybridized carbons (Fsp3) is 0.478. The summed E-state index contributed by atoms with van der Waals surface area (Å²) in [5.74, 6) is 0.391. The Hall–Kier alpha value is -2.43. The number of halogens is 1. The van der Waals surface area contributed by atoms with Crippen LogP contribution in [-0.2, 0) is 17.6 Å². The number of rotatable bonds is 5. The topological polar surface area (TPSA) is 59.4 Å². The maximum Gasteiger partial charge on any atom is 0.239 e. The highest BCUT2D eigenvalue weighted by atomic mass is 32.1. The van der Waals surface area contributed by atoms with E-state index in [1.165, 1.54) is 17.0 Å². The van der Waals surface area contributed by atoms with E-state index in [0.29, 0.717) is 23.0 Å². The standard InChI is InChI=1S/C23H27FN4OS/c1-2-16-3-8-19-20(14-25)23(30-21(19)13-16)26-22(29)15-27-9-11-28(12-10-27)18-6-4-17(24)5-7-18/h4-7,16H,2-3,8-13,15H2,1H3,(H,26,29). The summed E-state index contributed by atoms with van der Waals surface area (Å²) in [6, 6.07) is 8.87. The lowest BCUT2D eigenvalue weighted by Crippen LogP contribution is -2.48. The summed E-state index contributed by atoms with van der Waals surface area (Å²) < 4.78 is 13.1. The Kier molecular flexibility index (Phi) is 6.35. The first kappa shape index (κ1) is 20.8. The molecule has 2 aromatic rings. The van der Waals surface area contributed by atoms with E-state index in [4.69, 9.17) is 0 Å². The van der Waals surface area contributed by atoms with E-state index in [9.17, 15) is 14.4 Å². The maximum absolute atomic E-state index is 13.1. The number of carbonyl (C=O) groups excluding carboxylic acids is 1. The molecule has 0 saturated carbocycles. The second-order valence-corrected chi connectivity index (χ2v) is 9.23. The van der Waals surface area contributed by atoms with Crippen molar-refractivity contribution in [3.8, 4) is 6.07 Å². The molecule has 1 saturated heterocycles. The summed E-state index contributed by atoms with van der Waals surface area (Å²) in [5.41, 5.74) is 2.82. The number of carbonyl (C=O) groups is 1. The molecule has 0 spiro atoms. The van der Waals surface area contributed by atoms with Gasteiger partial charge in [0, 0.05) is 36.7 Å². The van der Waals surface area contributed by atoms with Gasteiger partial charge in [-0.05, 0) is 55.0 Å². The number of amides is 1. The van der Waals surface area contributed by atoms with Gasteiger partial charge in [0.25, 0.3) is 0 Å². The maximum atomic E-state index is 13.1. The number of hydrogen-bond donors (Lipinski definition) is 1. The summed E-state index contributed by atoms with van der Waals surface area (Å²) in [7, 11) is 0. The molecule has 1 amide bonds. The SMILES string of the molecule is CCC1CCc2c(sc(NC(=O)CN3CCN(c4ccc(F)cc4)CC3)c2C#N)C1. The van der Waals surface area contributed by atoms with Gasteiger partial charge in [-0.25, -0.2) is 4.39 Å². The van der Waals surface area contributed by atoms with Crippen LogP contribution in [0.4, 0.5) is 15.1 Å². The van der Waals surface area contributed by atoms with Crippen LogP contribution >= 0.6 is 11.3 Å². The second-order valence-electron chi connectivity index (χ2n) is 8.12. The van der Waals surface area contributed by atoms with Gasteiger partial charge in [-0.3, -0.25) is 9.69 Å². The van der Waals surface area contributed by atoms with Crippen LogP contribution in [-0.4, -0.2) is 43.5 Å². The van der Waals surface area contributed by atoms with Crippen LogP contribution in [0.15, 0.2) is 24.3 Å². The summed E-state index contributed by atoms with van der Waals surface area (Å²) in [5, 5.41) is 13.4. The molecule has 1 unspecified atom stereocenters. The molecule has 0 radical (unpaired) electrons. The van der Waals surface area contributed by atoms with Crippen LogP contribution in [0, 0.1) is 23.1 Å². The number of hydrogen-bond acceptors (Lipinski definition) is 5. The minimum atomic E-state index is -0.230. The van der Waals surface area contributed by atoms with Crippen LogP contribution in [0.3, 0.4) is 0 Å². The van der Waals surface area contributed by atoms with Gasteiger partial charge in [0.2, 0.25) is 5.91 Å². The summed E-state index contributed by atoms with van der Waals surface area (Å²) in [6.07, 6.45) is 4.24. The minimum absolute atomic E-state index is 0.0626. The molecule has 1 aromatic heterocycles. The van der Waals surface area contributed by atoms with Crippen molar-refractivity contribution in [3.63, 3.8) is 0 Å². The third-order valence-corrected chi connectivity index (χ3v) is 7.41. The number of piperazine rings is 1. The van der Waals surface area contributed by atoms with E-state index in [1.54, 1.807) is 23.5 Å². The Labute approximate surface area is 181 Å². The molecular weight excluding hydrogens is 399 g/mol. The smallest absolute Gasteiger partial charge is 0.239 e. The number of benzene rings is 1. The Bertz CT molecular complexity index is 941. The quantitative estimate of drug-likeness (QED) is 0.784. The Balaban J connectivity index is 1.33. The number of nitrogens with one attached hydrogen (secondary N) is 1. The molecule has 1 N–H and O–H groups in total. The fourth-order valence-electron chi connectivity index (χ4n) is 4.39. The van der Waals surface area contributed by atoms with Gasteiger partial charge >= 0.3 is 0 Å². The fourth-order valence-corrected chi connectivity index (χ4v) is 5.72. The van der Waals surface area contributed by atoms with Crippen molar-refractivity contribution in [3.05, 3.63) is 46.1 Å². The van der Waals surface area contributed by atoms with Gasteiger partial charge in [-0.2, -0.15) is 5.26 Å². The zero-order chi connectivity index (χ0) is 21.1. The average Bonchev–Trinajstić information content (AvgIpc) is 3.10. The summed E-state index contributed by atoms with van der Waals surface area (Å²) in [4.78, 5) is 18.3. The largest absolute Gasteiger partial charge is 0.369 e. The average molecular weight is 427 g/mol. The van der Waals surface area contributed by atoms with Crippen LogP contribution in [0.1, 0.15) is 35.8 Å². The van der Waals surface area contributed by atoms with Gasteiger partial charge in [0.15, 0.2) is 0 Å². The number of fused-ring (bicyclic) bond motifs is 1. The zero-order valence-electron chi connectivity index (χ0n) is 17.3. The Morgan fingerprint density at radius 3 is 2.67 bits per heavy atom. The Morgan fingerprint density at radius 2 is 2.00 bits per heavy atom. The predicted molar refractivity (Wildman–Crippen MR) is 119 cm³/mol. The highest BCUT2D eigenvalue weighted by Crippen LogP contribution is 2.40. The number of nitrogens with zero attached hydrogens (tertiary/aromatic N) is 3. The van der Waals surface area contributed by atoms with E-state index in [1.807, 2.05) is 0 Å². The molecule has 158 valence electrons. The highest BCUT2D eigenvalue weighted by molar-refractivity contribution is 7.16. The molecule has 2 heterocycles. The van der Waals surface area contributed by atoms with Crippen molar-refractivity contribution in [1.82, 2.24) is 4.90 Å². The van der Waals surface area contributed by atoms with Gasteiger partial charge < -0.3 is 10.2 Å². The van der Waals surface area contributed by atoms with Crippen molar-refractivity contribution in [1.29, 1.82) is 5.26 Å². The summed E-state index contributed by atoms with van der Waals surface area (Å²) in [6.45, 7) is 5.68. The number of nitriles is 1. The van der Waals surface area contributed by atoms with E-state index >= 15 is 0 Å². The van der Waals surface area contributed by atoms with Crippen molar-refractivity contribution in [2.45, 2.75) is 32.6 Å². The van der Waals surface area contributed by atoms with Crippen molar-refractivity contribution < 1.29 is 9.18 Å². The second kappa shape index (κ2) is 9.15. The normalized spacial score (nSPS) is 19.2. The van der Waals surface area contributed by atoms with Crippen molar-refractivity contribution >= 4 is 27.9 Å². The van der Waals surface area contributed by atoms with Crippen molar-refractivity contribution in [2.75, 3.05) is 42.9 Å². The van der Waals surface area contributed by atoms with Crippen LogP contribution in [0.5, 0.6) is 0 Å². The molecule has 2 aliphatic rings. The lowest BCUT2D eigenvalue weighted by molar-refractivity contribution is -0.117. The third-order valence-electron chi connectivity index (χ3n) is 6.24. The number of anilines is 2. The van der Waals surface area contributed by atoms with Crippen LogP contribution in [0.25, 0.3) is 0 Å². The number of thiophene rings is 1. The lowest BCUT2D eigenvalue weighted by atomic mass is 9.86. The Morgan fingerprint density at radius 1 is 1.27 bits per heavy atom. The third kappa shape index (κ3) is 4.50. The molecule has 1 aromatic carbocycles. The summed E-state index contributed by atoms with van der Waals surface area (Å²) >= 11 is 1.58. The predicted octanol–water partition coefficient (Wildman–Crippen LogP) is 4.03. The molecule has 1 aliphatic heterocycles. The first-order valence-corrected chi connectivity index (χ1v) is 11.5. The van der Waals surface area contributed by atoms with Gasteiger partial charge in [0.05, 0.1) is 12.1 Å². The molecule has 4 rings (SSSR count). The molecule has 30 heavy (non-hydrogen) atoms. The molecule has 1 fully saturated rings. The minimum Gasteiger partial charge on any atom is -0.369 e. The van der Waals surface area contributed by atoms with Crippen molar-refractivity contribution in [2.24, 2.45) is 5.92 Å². The van der Waals surface area contributed by atoms with E-state index < -0.39 is 0 Å². The van der Waals surface area contributed by atoms with Gasteiger partial charge in [-0.1, -0.05) is 13.3 Å². The molecule has 5 nitrogen and oxygen atoms in total. The first-order valence-electron chi connectivity index (χ1n) is 10.6. The first-order chi connectivity index (χ1) is 14.6. The molecule has 7 heteroatoms.